The van der Waals surface area contributed by atoms with Crippen LogP contribution in [0.5, 0.6) is 5.75 Å². The van der Waals surface area contributed by atoms with Crippen molar-refractivity contribution in [2.24, 2.45) is 0 Å². The van der Waals surface area contributed by atoms with E-state index in [0.29, 0.717) is 6.42 Å². The van der Waals surface area contributed by atoms with Gasteiger partial charge in [0.15, 0.2) is 0 Å². The molecule has 1 saturated heterocycles. The summed E-state index contributed by atoms with van der Waals surface area (Å²) in [6.45, 7) is 1.75. The van der Waals surface area contributed by atoms with Gasteiger partial charge in [-0.15, -0.1) is 13.2 Å². The number of likely N-dealkylation sites (tertiary alicyclic amines) is 1. The second-order valence-electron chi connectivity index (χ2n) is 5.97. The van der Waals surface area contributed by atoms with Crippen molar-refractivity contribution in [1.82, 2.24) is 14.9 Å². The average Bonchev–Trinajstić information content (AvgIpc) is 3.06. The minimum Gasteiger partial charge on any atom is -0.406 e. The number of nitrogens with one attached hydrogen (secondary N) is 1. The van der Waals surface area contributed by atoms with Gasteiger partial charge in [0, 0.05) is 18.9 Å². The molecular formula is C17H20F3N3O. The van der Waals surface area contributed by atoms with E-state index in [0.717, 1.165) is 43.7 Å². The van der Waals surface area contributed by atoms with Crippen LogP contribution in [0.1, 0.15) is 36.7 Å². The first-order chi connectivity index (χ1) is 11.5. The largest absolute Gasteiger partial charge is 0.573 e. The van der Waals surface area contributed by atoms with Gasteiger partial charge in [0.05, 0.1) is 6.04 Å². The molecule has 1 atom stereocenters. The number of nitrogens with zero attached hydrogens (tertiary/aromatic N) is 2. The molecule has 24 heavy (non-hydrogen) atoms. The molecule has 0 spiro atoms. The van der Waals surface area contributed by atoms with Gasteiger partial charge in [0.1, 0.15) is 11.6 Å². The monoisotopic (exact) mass is 339 g/mol. The topological polar surface area (TPSA) is 41.1 Å². The first-order valence-electron chi connectivity index (χ1n) is 8.09. The summed E-state index contributed by atoms with van der Waals surface area (Å²) in [5, 5.41) is 0. The van der Waals surface area contributed by atoms with Gasteiger partial charge in [-0.2, -0.15) is 0 Å². The molecule has 0 saturated carbocycles. The van der Waals surface area contributed by atoms with Gasteiger partial charge in [-0.05, 0) is 43.5 Å². The number of aromatic amines is 1. The van der Waals surface area contributed by atoms with Gasteiger partial charge in [-0.25, -0.2) is 4.98 Å². The second kappa shape index (κ2) is 7.25. The maximum atomic E-state index is 12.3. The van der Waals surface area contributed by atoms with Crippen molar-refractivity contribution in [2.45, 2.75) is 38.1 Å². The number of hydrogen-bond donors (Lipinski definition) is 1. The van der Waals surface area contributed by atoms with E-state index in [9.17, 15) is 13.2 Å². The molecule has 0 radical (unpaired) electrons. The Bertz CT molecular complexity index is 643. The Kier molecular flexibility index (Phi) is 5.08. The Hall–Kier alpha value is -2.02. The zero-order chi connectivity index (χ0) is 17.0. The van der Waals surface area contributed by atoms with Crippen LogP contribution in [0.3, 0.4) is 0 Å². The standard InChI is InChI=1S/C17H20F3N3O/c18-17(19,20)24-14-5-3-4-13(12-14)7-11-23-10-2-1-6-15(23)16-21-8-9-22-16/h3-5,8-9,12,15H,1-2,6-7,10-11H2,(H,21,22). The molecule has 4 nitrogen and oxygen atoms in total. The molecule has 1 fully saturated rings. The highest BCUT2D eigenvalue weighted by molar-refractivity contribution is 5.29. The number of hydrogen-bond acceptors (Lipinski definition) is 3. The van der Waals surface area contributed by atoms with E-state index in [1.54, 1.807) is 12.3 Å². The maximum absolute atomic E-state index is 12.3. The zero-order valence-electron chi connectivity index (χ0n) is 13.2. The van der Waals surface area contributed by atoms with Crippen molar-refractivity contribution in [3.63, 3.8) is 0 Å². The Morgan fingerprint density at radius 3 is 2.92 bits per heavy atom. The number of rotatable bonds is 5. The lowest BCUT2D eigenvalue weighted by atomic mass is 10.0. The smallest absolute Gasteiger partial charge is 0.406 e. The van der Waals surface area contributed by atoms with Crippen LogP contribution in [0.25, 0.3) is 0 Å². The molecule has 0 aliphatic carbocycles. The summed E-state index contributed by atoms with van der Waals surface area (Å²) in [5.41, 5.74) is 0.834. The molecule has 0 amide bonds. The number of aromatic nitrogens is 2. The first kappa shape index (κ1) is 16.8. The fourth-order valence-corrected chi connectivity index (χ4v) is 3.20. The predicted octanol–water partition coefficient (Wildman–Crippen LogP) is 4.08. The fraction of sp³-hybridized carbons (Fsp3) is 0.471. The Morgan fingerprint density at radius 1 is 1.29 bits per heavy atom. The molecule has 2 heterocycles. The number of piperidine rings is 1. The Morgan fingerprint density at radius 2 is 2.17 bits per heavy atom. The summed E-state index contributed by atoms with van der Waals surface area (Å²) in [5.74, 6) is 0.796. The van der Waals surface area contributed by atoms with Crippen LogP contribution in [-0.2, 0) is 6.42 Å². The van der Waals surface area contributed by atoms with Gasteiger partial charge in [0.25, 0.3) is 0 Å². The highest BCUT2D eigenvalue weighted by Crippen LogP contribution is 2.29. The number of benzene rings is 1. The molecule has 1 aromatic carbocycles. The molecule has 1 aromatic heterocycles. The van der Waals surface area contributed by atoms with Crippen LogP contribution < -0.4 is 4.74 Å². The fourth-order valence-electron chi connectivity index (χ4n) is 3.20. The minimum absolute atomic E-state index is 0.166. The van der Waals surface area contributed by atoms with Gasteiger partial charge >= 0.3 is 6.36 Å². The number of imidazole rings is 1. The summed E-state index contributed by atoms with van der Waals surface area (Å²) < 4.78 is 40.9. The molecule has 1 aliphatic heterocycles. The van der Waals surface area contributed by atoms with Gasteiger partial charge < -0.3 is 9.72 Å². The summed E-state index contributed by atoms with van der Waals surface area (Å²) in [7, 11) is 0. The third-order valence-corrected chi connectivity index (χ3v) is 4.27. The van der Waals surface area contributed by atoms with E-state index < -0.39 is 6.36 Å². The molecule has 1 N–H and O–H groups in total. The van der Waals surface area contributed by atoms with Crippen molar-refractivity contribution < 1.29 is 17.9 Å². The van der Waals surface area contributed by atoms with Crippen LogP contribution in [0.4, 0.5) is 13.2 Å². The number of halogens is 3. The lowest BCUT2D eigenvalue weighted by Gasteiger charge is -2.34. The van der Waals surface area contributed by atoms with E-state index in [4.69, 9.17) is 0 Å². The van der Waals surface area contributed by atoms with Crippen molar-refractivity contribution in [3.05, 3.63) is 48.0 Å². The molecule has 3 rings (SSSR count). The number of H-pyrrole nitrogens is 1. The van der Waals surface area contributed by atoms with Crippen molar-refractivity contribution in [3.8, 4) is 5.75 Å². The molecule has 0 bridgehead atoms. The highest BCUT2D eigenvalue weighted by Gasteiger charge is 2.31. The van der Waals surface area contributed by atoms with E-state index in [2.05, 4.69) is 19.6 Å². The molecule has 130 valence electrons. The summed E-state index contributed by atoms with van der Waals surface area (Å²) in [6, 6.07) is 6.46. The van der Waals surface area contributed by atoms with Crippen LogP contribution in [-0.4, -0.2) is 34.3 Å². The quantitative estimate of drug-likeness (QED) is 0.892. The lowest BCUT2D eigenvalue weighted by Crippen LogP contribution is -2.35. The second-order valence-corrected chi connectivity index (χ2v) is 5.97. The third-order valence-electron chi connectivity index (χ3n) is 4.27. The Labute approximate surface area is 138 Å². The van der Waals surface area contributed by atoms with E-state index >= 15 is 0 Å². The SMILES string of the molecule is FC(F)(F)Oc1cccc(CCN2CCCCC2c2ncc[nH]2)c1. The van der Waals surface area contributed by atoms with Crippen LogP contribution in [0.15, 0.2) is 36.7 Å². The molecule has 1 aliphatic rings. The van der Waals surface area contributed by atoms with Crippen molar-refractivity contribution in [2.75, 3.05) is 13.1 Å². The predicted molar refractivity (Wildman–Crippen MR) is 83.6 cm³/mol. The van der Waals surface area contributed by atoms with Crippen LogP contribution in [0.2, 0.25) is 0 Å². The van der Waals surface area contributed by atoms with Crippen molar-refractivity contribution >= 4 is 0 Å². The van der Waals surface area contributed by atoms with Crippen LogP contribution >= 0.6 is 0 Å². The van der Waals surface area contributed by atoms with Crippen LogP contribution in [0, 0.1) is 0 Å². The zero-order valence-corrected chi connectivity index (χ0v) is 13.2. The first-order valence-corrected chi connectivity index (χ1v) is 8.09. The normalized spacial score (nSPS) is 19.4. The summed E-state index contributed by atoms with van der Waals surface area (Å²) in [4.78, 5) is 9.88. The molecular weight excluding hydrogens is 319 g/mol. The highest BCUT2D eigenvalue weighted by atomic mass is 19.4. The van der Waals surface area contributed by atoms with Gasteiger partial charge in [-0.3, -0.25) is 4.90 Å². The van der Waals surface area contributed by atoms with Gasteiger partial charge in [-0.1, -0.05) is 18.6 Å². The number of alkyl halides is 3. The van der Waals surface area contributed by atoms with Gasteiger partial charge in [0.2, 0.25) is 0 Å². The minimum atomic E-state index is -4.66. The Balaban J connectivity index is 1.63. The van der Waals surface area contributed by atoms with E-state index in [1.165, 1.54) is 12.1 Å². The van der Waals surface area contributed by atoms with E-state index in [1.807, 2.05) is 12.3 Å². The summed E-state index contributed by atoms with van der Waals surface area (Å²) in [6.07, 6.45) is 2.93. The van der Waals surface area contributed by atoms with Crippen molar-refractivity contribution in [1.29, 1.82) is 0 Å². The third kappa shape index (κ3) is 4.50. The summed E-state index contributed by atoms with van der Waals surface area (Å²) >= 11 is 0. The molecule has 1 unspecified atom stereocenters. The molecule has 7 heteroatoms. The number of ether oxygens (including phenoxy) is 1. The maximum Gasteiger partial charge on any atom is 0.573 e. The average molecular weight is 339 g/mol. The van der Waals surface area contributed by atoms with E-state index in [-0.39, 0.29) is 11.8 Å². The lowest BCUT2D eigenvalue weighted by molar-refractivity contribution is -0.274. The molecule has 2 aromatic rings.